The van der Waals surface area contributed by atoms with E-state index in [0.29, 0.717) is 30.8 Å². The second kappa shape index (κ2) is 8.17. The van der Waals surface area contributed by atoms with Gasteiger partial charge in [-0.15, -0.1) is 0 Å². The molecule has 4 aromatic heterocycles. The largest absolute Gasteiger partial charge is 0.446 e. The summed E-state index contributed by atoms with van der Waals surface area (Å²) in [5.74, 6) is 0.309. The second-order valence-corrected chi connectivity index (χ2v) is 10.4. The molecule has 4 heterocycles. The predicted octanol–water partition coefficient (Wildman–Crippen LogP) is 4.56. The zero-order chi connectivity index (χ0) is 25.0. The van der Waals surface area contributed by atoms with Gasteiger partial charge in [-0.25, -0.2) is 32.9 Å². The molecule has 184 valence electrons. The highest BCUT2D eigenvalue weighted by Crippen LogP contribution is 2.44. The van der Waals surface area contributed by atoms with Crippen molar-refractivity contribution in [3.8, 4) is 0 Å². The van der Waals surface area contributed by atoms with Crippen molar-refractivity contribution < 1.29 is 13.9 Å². The second-order valence-electron chi connectivity index (χ2n) is 10.4. The number of imidazole rings is 1. The molecule has 0 bridgehead atoms. The Hall–Kier alpha value is -3.76. The maximum atomic E-state index is 16.1. The number of nitrogens with zero attached hydrogens (tertiary/aromatic N) is 7. The third kappa shape index (κ3) is 4.15. The van der Waals surface area contributed by atoms with Gasteiger partial charge in [0.05, 0.1) is 11.2 Å². The van der Waals surface area contributed by atoms with Crippen LogP contribution in [0.3, 0.4) is 0 Å². The number of anilines is 2. The van der Waals surface area contributed by atoms with Crippen LogP contribution in [0.25, 0.3) is 5.52 Å². The maximum absolute atomic E-state index is 16.1. The highest BCUT2D eigenvalue weighted by molar-refractivity contribution is 5.73. The minimum Gasteiger partial charge on any atom is -0.446 e. The van der Waals surface area contributed by atoms with Gasteiger partial charge in [-0.1, -0.05) is 6.92 Å². The molecule has 1 aliphatic rings. The Kier molecular flexibility index (Phi) is 5.37. The Balaban J connectivity index is 1.47. The number of aryl methyl sites for hydroxylation is 1. The van der Waals surface area contributed by atoms with Gasteiger partial charge >= 0.3 is 6.09 Å². The fourth-order valence-electron chi connectivity index (χ4n) is 4.70. The molecule has 1 unspecified atom stereocenters. The van der Waals surface area contributed by atoms with Crippen LogP contribution in [0.15, 0.2) is 37.2 Å². The van der Waals surface area contributed by atoms with E-state index in [1.54, 1.807) is 21.6 Å². The van der Waals surface area contributed by atoms with Crippen LogP contribution in [-0.4, -0.2) is 46.1 Å². The fourth-order valence-corrected chi connectivity index (χ4v) is 4.70. The van der Waals surface area contributed by atoms with Gasteiger partial charge in [-0.3, -0.25) is 0 Å². The standard InChI is InChI=1S/C24H29FN8O2/c1-15-12-17-20(27-9-11-32(17)29-15)28-21-18(25)19(30-33(21)23(2,3)4)24(5)7-6-16(13-24)35-22(34)31-10-8-26-14-31/h8-12,14,16H,6-7,13H2,1-5H3,(H,27,28)/t16?,24-/m0/s1. The van der Waals surface area contributed by atoms with E-state index in [4.69, 9.17) is 9.84 Å². The predicted molar refractivity (Wildman–Crippen MR) is 127 cm³/mol. The van der Waals surface area contributed by atoms with Crippen LogP contribution in [-0.2, 0) is 15.7 Å². The summed E-state index contributed by atoms with van der Waals surface area (Å²) in [5.41, 5.74) is 0.842. The number of carbonyl (C=O) groups excluding carboxylic acids is 1. The molecule has 5 rings (SSSR count). The summed E-state index contributed by atoms with van der Waals surface area (Å²) in [5, 5.41) is 12.3. The summed E-state index contributed by atoms with van der Waals surface area (Å²) in [6.07, 6.45) is 8.73. The first-order valence-corrected chi connectivity index (χ1v) is 11.6. The Bertz CT molecular complexity index is 1380. The Morgan fingerprint density at radius 1 is 1.26 bits per heavy atom. The lowest BCUT2D eigenvalue weighted by Gasteiger charge is -2.23. The van der Waals surface area contributed by atoms with Gasteiger partial charge < -0.3 is 10.1 Å². The van der Waals surface area contributed by atoms with Crippen molar-refractivity contribution in [3.63, 3.8) is 0 Å². The summed E-state index contributed by atoms with van der Waals surface area (Å²) < 4.78 is 26.4. The number of halogens is 1. The van der Waals surface area contributed by atoms with Crippen molar-refractivity contribution >= 4 is 23.2 Å². The quantitative estimate of drug-likeness (QED) is 0.456. The van der Waals surface area contributed by atoms with Gasteiger partial charge in [0.2, 0.25) is 0 Å². The molecule has 1 aliphatic carbocycles. The van der Waals surface area contributed by atoms with E-state index < -0.39 is 22.9 Å². The van der Waals surface area contributed by atoms with E-state index in [1.807, 2.05) is 40.7 Å². The topological polar surface area (TPSA) is 104 Å². The number of hydrogen-bond donors (Lipinski definition) is 1. The molecule has 0 saturated heterocycles. The number of aromatic nitrogens is 7. The number of hydrogen-bond acceptors (Lipinski definition) is 7. The Morgan fingerprint density at radius 2 is 2.06 bits per heavy atom. The van der Waals surface area contributed by atoms with E-state index in [1.165, 1.54) is 23.3 Å². The molecule has 1 N–H and O–H groups in total. The maximum Gasteiger partial charge on any atom is 0.419 e. The van der Waals surface area contributed by atoms with Gasteiger partial charge in [-0.05, 0) is 53.0 Å². The molecule has 0 amide bonds. The van der Waals surface area contributed by atoms with E-state index in [9.17, 15) is 4.79 Å². The molecule has 0 radical (unpaired) electrons. The van der Waals surface area contributed by atoms with Crippen molar-refractivity contribution in [2.45, 2.75) is 70.9 Å². The highest BCUT2D eigenvalue weighted by atomic mass is 19.1. The van der Waals surface area contributed by atoms with Gasteiger partial charge in [0.25, 0.3) is 0 Å². The lowest BCUT2D eigenvalue weighted by Crippen LogP contribution is -2.27. The molecule has 1 saturated carbocycles. The monoisotopic (exact) mass is 480 g/mol. The number of nitrogens with one attached hydrogen (secondary N) is 1. The molecular weight excluding hydrogens is 451 g/mol. The van der Waals surface area contributed by atoms with Crippen LogP contribution >= 0.6 is 0 Å². The number of carbonyl (C=O) groups is 1. The minimum absolute atomic E-state index is 0.243. The SMILES string of the molecule is Cc1cc2c(Nc3c(F)c([C@@]4(C)CCC(OC(=O)n5ccnc5)C4)nn3C(C)(C)C)nccn2n1. The van der Waals surface area contributed by atoms with E-state index in [2.05, 4.69) is 20.4 Å². The molecule has 35 heavy (non-hydrogen) atoms. The van der Waals surface area contributed by atoms with Crippen molar-refractivity contribution in [1.82, 2.24) is 33.9 Å². The summed E-state index contributed by atoms with van der Waals surface area (Å²) in [4.78, 5) is 20.7. The van der Waals surface area contributed by atoms with Crippen molar-refractivity contribution in [1.29, 1.82) is 0 Å². The third-order valence-electron chi connectivity index (χ3n) is 6.46. The summed E-state index contributed by atoms with van der Waals surface area (Å²) in [7, 11) is 0. The first kappa shape index (κ1) is 23.0. The highest BCUT2D eigenvalue weighted by Gasteiger charge is 2.44. The van der Waals surface area contributed by atoms with Crippen LogP contribution in [0.4, 0.5) is 20.8 Å². The van der Waals surface area contributed by atoms with Crippen LogP contribution in [0, 0.1) is 12.7 Å². The molecule has 1 fully saturated rings. The van der Waals surface area contributed by atoms with Crippen molar-refractivity contribution in [2.24, 2.45) is 0 Å². The van der Waals surface area contributed by atoms with Crippen molar-refractivity contribution in [2.75, 3.05) is 5.32 Å². The molecule has 0 aromatic carbocycles. The molecule has 0 spiro atoms. The fraction of sp³-hybridized carbons (Fsp3) is 0.458. The molecule has 10 nitrogen and oxygen atoms in total. The number of fused-ring (bicyclic) bond motifs is 1. The Labute approximate surface area is 202 Å². The molecule has 0 aliphatic heterocycles. The lowest BCUT2D eigenvalue weighted by molar-refractivity contribution is 0.0987. The summed E-state index contributed by atoms with van der Waals surface area (Å²) in [6.45, 7) is 9.78. The zero-order valence-corrected chi connectivity index (χ0v) is 20.5. The third-order valence-corrected chi connectivity index (χ3v) is 6.46. The molecule has 4 aromatic rings. The number of ether oxygens (including phenoxy) is 1. The van der Waals surface area contributed by atoms with Crippen LogP contribution < -0.4 is 5.32 Å². The van der Waals surface area contributed by atoms with Crippen LogP contribution in [0.5, 0.6) is 0 Å². The average molecular weight is 481 g/mol. The normalized spacial score (nSPS) is 20.5. The lowest BCUT2D eigenvalue weighted by atomic mass is 9.85. The minimum atomic E-state index is -0.594. The summed E-state index contributed by atoms with van der Waals surface area (Å²) >= 11 is 0. The van der Waals surface area contributed by atoms with Gasteiger partial charge in [0.1, 0.15) is 23.6 Å². The smallest absolute Gasteiger partial charge is 0.419 e. The zero-order valence-electron chi connectivity index (χ0n) is 20.5. The van der Waals surface area contributed by atoms with E-state index >= 15 is 4.39 Å². The van der Waals surface area contributed by atoms with Crippen LogP contribution in [0.1, 0.15) is 58.3 Å². The number of rotatable bonds is 4. The first-order valence-electron chi connectivity index (χ1n) is 11.6. The van der Waals surface area contributed by atoms with E-state index in [-0.39, 0.29) is 11.9 Å². The van der Waals surface area contributed by atoms with Crippen LogP contribution in [0.2, 0.25) is 0 Å². The van der Waals surface area contributed by atoms with Crippen molar-refractivity contribution in [3.05, 3.63) is 54.4 Å². The van der Waals surface area contributed by atoms with Gasteiger partial charge in [0, 0.05) is 30.2 Å². The average Bonchev–Trinajstić information content (AvgIpc) is 3.55. The van der Waals surface area contributed by atoms with Gasteiger partial charge in [-0.2, -0.15) is 10.2 Å². The Morgan fingerprint density at radius 3 is 2.77 bits per heavy atom. The molecular formula is C24H29FN8O2. The summed E-state index contributed by atoms with van der Waals surface area (Å²) in [6, 6.07) is 1.89. The molecule has 11 heteroatoms. The molecule has 2 atom stereocenters. The first-order chi connectivity index (χ1) is 16.5. The van der Waals surface area contributed by atoms with E-state index in [0.717, 1.165) is 11.2 Å². The van der Waals surface area contributed by atoms with Gasteiger partial charge in [0.15, 0.2) is 17.5 Å².